The second kappa shape index (κ2) is 5.01. The van der Waals surface area contributed by atoms with Crippen molar-refractivity contribution in [3.63, 3.8) is 0 Å². The fourth-order valence-electron chi connectivity index (χ4n) is 1.36. The number of hydrogen-bond acceptors (Lipinski definition) is 4. The Labute approximate surface area is 104 Å². The van der Waals surface area contributed by atoms with Gasteiger partial charge in [-0.15, -0.1) is 0 Å². The third-order valence-electron chi connectivity index (χ3n) is 2.28. The van der Waals surface area contributed by atoms with Crippen molar-refractivity contribution in [1.29, 1.82) is 0 Å². The third kappa shape index (κ3) is 2.85. The van der Waals surface area contributed by atoms with Gasteiger partial charge in [0.05, 0.1) is 23.1 Å². The van der Waals surface area contributed by atoms with E-state index < -0.39 is 0 Å². The highest BCUT2D eigenvalue weighted by atomic mass is 35.5. The number of ether oxygens (including phenoxy) is 1. The van der Waals surface area contributed by atoms with Crippen molar-refractivity contribution in [2.45, 2.75) is 13.3 Å². The van der Waals surface area contributed by atoms with Gasteiger partial charge in [0.15, 0.2) is 5.75 Å². The van der Waals surface area contributed by atoms with E-state index in [4.69, 9.17) is 22.1 Å². The number of nitrogen functional groups attached to an aromatic ring is 1. The maximum Gasteiger partial charge on any atom is 0.322 e. The summed E-state index contributed by atoms with van der Waals surface area (Å²) < 4.78 is 5.46. The van der Waals surface area contributed by atoms with Gasteiger partial charge in [-0.25, -0.2) is 9.97 Å². The molecule has 2 N–H and O–H groups in total. The number of benzene rings is 1. The van der Waals surface area contributed by atoms with Gasteiger partial charge in [0.2, 0.25) is 0 Å². The number of aryl methyl sites for hydroxylation is 1. The highest BCUT2D eigenvalue weighted by molar-refractivity contribution is 6.30. The van der Waals surface area contributed by atoms with Gasteiger partial charge in [-0.05, 0) is 24.1 Å². The van der Waals surface area contributed by atoms with Crippen molar-refractivity contribution in [2.75, 3.05) is 5.73 Å². The Morgan fingerprint density at radius 1 is 1.29 bits per heavy atom. The quantitative estimate of drug-likeness (QED) is 0.850. The molecule has 0 fully saturated rings. The first kappa shape index (κ1) is 11.7. The van der Waals surface area contributed by atoms with Crippen molar-refractivity contribution in [3.05, 3.63) is 41.2 Å². The summed E-state index contributed by atoms with van der Waals surface area (Å²) in [7, 11) is 0. The Balaban J connectivity index is 2.21. The first-order chi connectivity index (χ1) is 8.19. The monoisotopic (exact) mass is 249 g/mol. The largest absolute Gasteiger partial charge is 0.422 e. The molecule has 0 aliphatic carbocycles. The van der Waals surface area contributed by atoms with E-state index in [1.807, 2.05) is 18.2 Å². The van der Waals surface area contributed by atoms with Crippen LogP contribution < -0.4 is 10.5 Å². The lowest BCUT2D eigenvalue weighted by atomic mass is 10.1. The number of aromatic nitrogens is 2. The minimum atomic E-state index is 0.227. The molecule has 0 spiro atoms. The number of nitrogens with zero attached hydrogens (tertiary/aromatic N) is 2. The molecule has 0 amide bonds. The van der Waals surface area contributed by atoms with Gasteiger partial charge in [-0.1, -0.05) is 24.6 Å². The molecule has 0 aliphatic heterocycles. The predicted molar refractivity (Wildman–Crippen MR) is 67.3 cm³/mol. The van der Waals surface area contributed by atoms with Gasteiger partial charge >= 0.3 is 6.01 Å². The van der Waals surface area contributed by atoms with Crippen molar-refractivity contribution >= 4 is 17.3 Å². The van der Waals surface area contributed by atoms with Crippen molar-refractivity contribution in [1.82, 2.24) is 9.97 Å². The zero-order valence-corrected chi connectivity index (χ0v) is 10.1. The van der Waals surface area contributed by atoms with E-state index in [0.29, 0.717) is 16.5 Å². The van der Waals surface area contributed by atoms with E-state index >= 15 is 0 Å². The Kier molecular flexibility index (Phi) is 3.44. The Morgan fingerprint density at radius 2 is 2.00 bits per heavy atom. The maximum atomic E-state index is 5.87. The SMILES string of the molecule is CCc1ccc(Oc2ncc(Cl)cn2)c(N)c1. The smallest absolute Gasteiger partial charge is 0.322 e. The molecule has 88 valence electrons. The topological polar surface area (TPSA) is 61.0 Å². The van der Waals surface area contributed by atoms with Gasteiger partial charge in [-0.3, -0.25) is 0 Å². The summed E-state index contributed by atoms with van der Waals surface area (Å²) in [4.78, 5) is 7.87. The van der Waals surface area contributed by atoms with Gasteiger partial charge in [0.25, 0.3) is 0 Å². The molecule has 0 atom stereocenters. The molecule has 1 aromatic carbocycles. The number of nitrogens with two attached hydrogens (primary N) is 1. The van der Waals surface area contributed by atoms with Crippen LogP contribution in [0.15, 0.2) is 30.6 Å². The van der Waals surface area contributed by atoms with Gasteiger partial charge in [0.1, 0.15) is 0 Å². The van der Waals surface area contributed by atoms with E-state index in [0.717, 1.165) is 12.0 Å². The van der Waals surface area contributed by atoms with Crippen LogP contribution in [0, 0.1) is 0 Å². The van der Waals surface area contributed by atoms with Crippen LogP contribution in [0.4, 0.5) is 5.69 Å². The number of rotatable bonds is 3. The highest BCUT2D eigenvalue weighted by Crippen LogP contribution is 2.26. The van der Waals surface area contributed by atoms with Crippen LogP contribution in [0.1, 0.15) is 12.5 Å². The standard InChI is InChI=1S/C12H12ClN3O/c1-2-8-3-4-11(10(14)5-8)17-12-15-6-9(13)7-16-12/h3-7H,2,14H2,1H3. The van der Waals surface area contributed by atoms with Crippen LogP contribution in [0.2, 0.25) is 5.02 Å². The summed E-state index contributed by atoms with van der Waals surface area (Å²) >= 11 is 5.68. The maximum absolute atomic E-state index is 5.87. The van der Waals surface area contributed by atoms with Crippen molar-refractivity contribution in [2.24, 2.45) is 0 Å². The zero-order chi connectivity index (χ0) is 12.3. The van der Waals surface area contributed by atoms with Crippen molar-refractivity contribution < 1.29 is 4.74 Å². The molecule has 5 heteroatoms. The number of hydrogen-bond donors (Lipinski definition) is 1. The predicted octanol–water partition coefficient (Wildman–Crippen LogP) is 3.07. The average Bonchev–Trinajstić information content (AvgIpc) is 2.34. The highest BCUT2D eigenvalue weighted by Gasteiger charge is 2.04. The van der Waals surface area contributed by atoms with Crippen LogP contribution in [-0.2, 0) is 6.42 Å². The molecular formula is C12H12ClN3O. The van der Waals surface area contributed by atoms with E-state index in [1.165, 1.54) is 12.4 Å². The molecule has 17 heavy (non-hydrogen) atoms. The molecule has 2 rings (SSSR count). The molecular weight excluding hydrogens is 238 g/mol. The lowest BCUT2D eigenvalue weighted by molar-refractivity contribution is 0.444. The van der Waals surface area contributed by atoms with E-state index in [2.05, 4.69) is 16.9 Å². The fourth-order valence-corrected chi connectivity index (χ4v) is 1.46. The summed E-state index contributed by atoms with van der Waals surface area (Å²) in [5, 5.41) is 0.464. The molecule has 1 heterocycles. The molecule has 0 saturated heterocycles. The molecule has 0 bridgehead atoms. The van der Waals surface area contributed by atoms with Crippen LogP contribution in [0.5, 0.6) is 11.8 Å². The van der Waals surface area contributed by atoms with Crippen LogP contribution in [0.3, 0.4) is 0 Å². The van der Waals surface area contributed by atoms with Gasteiger partial charge < -0.3 is 10.5 Å². The molecule has 0 aliphatic rings. The van der Waals surface area contributed by atoms with Gasteiger partial charge in [-0.2, -0.15) is 0 Å². The van der Waals surface area contributed by atoms with Crippen LogP contribution in [-0.4, -0.2) is 9.97 Å². The number of halogens is 1. The molecule has 0 saturated carbocycles. The fraction of sp³-hybridized carbons (Fsp3) is 0.167. The minimum Gasteiger partial charge on any atom is -0.422 e. The van der Waals surface area contributed by atoms with E-state index in [-0.39, 0.29) is 6.01 Å². The summed E-state index contributed by atoms with van der Waals surface area (Å²) in [6.45, 7) is 2.07. The van der Waals surface area contributed by atoms with Gasteiger partial charge in [0, 0.05) is 0 Å². The Hall–Kier alpha value is -1.81. The zero-order valence-electron chi connectivity index (χ0n) is 9.35. The molecule has 0 radical (unpaired) electrons. The molecule has 2 aromatic rings. The minimum absolute atomic E-state index is 0.227. The van der Waals surface area contributed by atoms with E-state index in [9.17, 15) is 0 Å². The summed E-state index contributed by atoms with van der Waals surface area (Å²) in [5.74, 6) is 0.546. The number of anilines is 1. The normalized spacial score (nSPS) is 10.2. The molecule has 4 nitrogen and oxygen atoms in total. The third-order valence-corrected chi connectivity index (χ3v) is 2.48. The molecule has 1 aromatic heterocycles. The first-order valence-electron chi connectivity index (χ1n) is 5.23. The Bertz CT molecular complexity index is 514. The lowest BCUT2D eigenvalue weighted by Crippen LogP contribution is -1.96. The average molecular weight is 250 g/mol. The lowest BCUT2D eigenvalue weighted by Gasteiger charge is -2.07. The second-order valence-corrected chi connectivity index (χ2v) is 3.95. The van der Waals surface area contributed by atoms with Crippen LogP contribution >= 0.6 is 11.6 Å². The summed E-state index contributed by atoms with van der Waals surface area (Å²) in [6.07, 6.45) is 3.88. The first-order valence-corrected chi connectivity index (χ1v) is 5.60. The second-order valence-electron chi connectivity index (χ2n) is 3.51. The Morgan fingerprint density at radius 3 is 2.59 bits per heavy atom. The van der Waals surface area contributed by atoms with Crippen LogP contribution in [0.25, 0.3) is 0 Å². The van der Waals surface area contributed by atoms with Crippen molar-refractivity contribution in [3.8, 4) is 11.8 Å². The summed E-state index contributed by atoms with van der Waals surface area (Å²) in [5.41, 5.74) is 7.60. The molecule has 0 unspecified atom stereocenters. The summed E-state index contributed by atoms with van der Waals surface area (Å²) in [6, 6.07) is 5.88. The van der Waals surface area contributed by atoms with E-state index in [1.54, 1.807) is 0 Å².